The summed E-state index contributed by atoms with van der Waals surface area (Å²) in [5.41, 5.74) is 1.83. The Labute approximate surface area is 140 Å². The number of aliphatic hydroxyl groups is 1. The number of hydrogen-bond donors (Lipinski definition) is 2. The van der Waals surface area contributed by atoms with E-state index in [1.807, 2.05) is 0 Å². The number of carbonyl (C=O) groups excluding carboxylic acids is 1. The SMILES string of the molecule is O=C(Nc1cccc2c1OCCC2O)c1sccc1-n1cnnn1. The third-order valence-electron chi connectivity index (χ3n) is 3.74. The number of tetrazole rings is 1. The highest BCUT2D eigenvalue weighted by Crippen LogP contribution is 2.38. The molecular formula is C15H13N5O3S. The second-order valence-electron chi connectivity index (χ2n) is 5.22. The maximum absolute atomic E-state index is 12.7. The summed E-state index contributed by atoms with van der Waals surface area (Å²) in [5.74, 6) is 0.234. The van der Waals surface area contributed by atoms with Gasteiger partial charge in [0, 0.05) is 12.0 Å². The summed E-state index contributed by atoms with van der Waals surface area (Å²) >= 11 is 1.29. The molecular weight excluding hydrogens is 330 g/mol. The lowest BCUT2D eigenvalue weighted by Gasteiger charge is -2.24. The Morgan fingerprint density at radius 1 is 1.42 bits per heavy atom. The molecule has 1 aliphatic heterocycles. The van der Waals surface area contributed by atoms with Crippen LogP contribution < -0.4 is 10.1 Å². The number of nitrogens with one attached hydrogen (secondary N) is 1. The average Bonchev–Trinajstić information content (AvgIpc) is 3.27. The number of ether oxygens (including phenoxy) is 1. The molecule has 0 bridgehead atoms. The maximum atomic E-state index is 12.7. The van der Waals surface area contributed by atoms with Gasteiger partial charge >= 0.3 is 0 Å². The third kappa shape index (κ3) is 2.53. The average molecular weight is 343 g/mol. The Morgan fingerprint density at radius 2 is 2.33 bits per heavy atom. The van der Waals surface area contributed by atoms with E-state index >= 15 is 0 Å². The Morgan fingerprint density at radius 3 is 3.17 bits per heavy atom. The number of amides is 1. The summed E-state index contributed by atoms with van der Waals surface area (Å²) in [4.78, 5) is 13.1. The quantitative estimate of drug-likeness (QED) is 0.752. The highest BCUT2D eigenvalue weighted by atomic mass is 32.1. The summed E-state index contributed by atoms with van der Waals surface area (Å²) in [5, 5.41) is 25.7. The summed E-state index contributed by atoms with van der Waals surface area (Å²) < 4.78 is 7.07. The summed E-state index contributed by atoms with van der Waals surface area (Å²) in [6.07, 6.45) is 1.39. The van der Waals surface area contributed by atoms with Gasteiger partial charge in [-0.15, -0.1) is 16.4 Å². The molecule has 2 N–H and O–H groups in total. The van der Waals surface area contributed by atoms with E-state index in [2.05, 4.69) is 20.8 Å². The van der Waals surface area contributed by atoms with Gasteiger partial charge in [0.1, 0.15) is 17.0 Å². The highest BCUT2D eigenvalue weighted by Gasteiger charge is 2.24. The van der Waals surface area contributed by atoms with Crippen LogP contribution in [0.3, 0.4) is 0 Å². The van der Waals surface area contributed by atoms with E-state index in [0.717, 1.165) is 0 Å². The molecule has 0 saturated heterocycles. The van der Waals surface area contributed by atoms with Crippen LogP contribution in [0.25, 0.3) is 5.69 Å². The van der Waals surface area contributed by atoms with Crippen molar-refractivity contribution in [2.75, 3.05) is 11.9 Å². The molecule has 2 aromatic heterocycles. The topological polar surface area (TPSA) is 102 Å². The van der Waals surface area contributed by atoms with E-state index in [0.29, 0.717) is 40.6 Å². The standard InChI is InChI=1S/C15H13N5O3S/c21-12-4-6-23-13-9(12)2-1-3-10(13)17-15(22)14-11(5-7-24-14)20-8-16-18-19-20/h1-3,5,7-8,12,21H,4,6H2,(H,17,22). The molecule has 0 aliphatic carbocycles. The van der Waals surface area contributed by atoms with Crippen LogP contribution in [0.2, 0.25) is 0 Å². The van der Waals surface area contributed by atoms with Crippen molar-refractivity contribution in [3.8, 4) is 11.4 Å². The van der Waals surface area contributed by atoms with Crippen molar-refractivity contribution in [3.05, 3.63) is 46.4 Å². The molecule has 1 unspecified atom stereocenters. The first-order chi connectivity index (χ1) is 11.7. The van der Waals surface area contributed by atoms with Crippen molar-refractivity contribution in [2.45, 2.75) is 12.5 Å². The number of thiophene rings is 1. The van der Waals surface area contributed by atoms with Crippen molar-refractivity contribution in [2.24, 2.45) is 0 Å². The number of carbonyl (C=O) groups is 1. The number of aromatic nitrogens is 4. The number of anilines is 1. The monoisotopic (exact) mass is 343 g/mol. The molecule has 0 spiro atoms. The van der Waals surface area contributed by atoms with Gasteiger partial charge in [-0.25, -0.2) is 0 Å². The molecule has 3 aromatic rings. The van der Waals surface area contributed by atoms with Crippen molar-refractivity contribution >= 4 is 22.9 Å². The van der Waals surface area contributed by atoms with Crippen molar-refractivity contribution in [1.82, 2.24) is 20.2 Å². The number of aliphatic hydroxyl groups excluding tert-OH is 1. The number of rotatable bonds is 3. The maximum Gasteiger partial charge on any atom is 0.268 e. The first kappa shape index (κ1) is 14.8. The van der Waals surface area contributed by atoms with Crippen LogP contribution in [0.15, 0.2) is 36.0 Å². The fraction of sp³-hybridized carbons (Fsp3) is 0.200. The Hall–Kier alpha value is -2.78. The summed E-state index contributed by atoms with van der Waals surface area (Å²) in [7, 11) is 0. The van der Waals surface area contributed by atoms with Crippen LogP contribution in [0, 0.1) is 0 Å². The molecule has 24 heavy (non-hydrogen) atoms. The molecule has 1 atom stereocenters. The fourth-order valence-electron chi connectivity index (χ4n) is 2.61. The molecule has 1 aliphatic rings. The first-order valence-electron chi connectivity index (χ1n) is 7.30. The molecule has 0 fully saturated rings. The molecule has 9 heteroatoms. The van der Waals surface area contributed by atoms with Crippen LogP contribution in [0.5, 0.6) is 5.75 Å². The van der Waals surface area contributed by atoms with E-state index < -0.39 is 6.10 Å². The lowest BCUT2D eigenvalue weighted by atomic mass is 10.0. The van der Waals surface area contributed by atoms with Gasteiger partial charge in [0.25, 0.3) is 5.91 Å². The highest BCUT2D eigenvalue weighted by molar-refractivity contribution is 7.12. The normalized spacial score (nSPS) is 16.3. The second kappa shape index (κ2) is 6.02. The molecule has 3 heterocycles. The first-order valence-corrected chi connectivity index (χ1v) is 8.18. The van der Waals surface area contributed by atoms with Gasteiger partial charge in [-0.2, -0.15) is 4.68 Å². The zero-order valence-corrected chi connectivity index (χ0v) is 13.2. The number of benzene rings is 1. The lowest BCUT2D eigenvalue weighted by molar-refractivity contribution is 0.102. The molecule has 122 valence electrons. The second-order valence-corrected chi connectivity index (χ2v) is 6.14. The van der Waals surface area contributed by atoms with Crippen LogP contribution in [-0.4, -0.2) is 37.8 Å². The van der Waals surface area contributed by atoms with E-state index in [9.17, 15) is 9.90 Å². The minimum Gasteiger partial charge on any atom is -0.491 e. The number of para-hydroxylation sites is 1. The van der Waals surface area contributed by atoms with Crippen LogP contribution in [0.4, 0.5) is 5.69 Å². The van der Waals surface area contributed by atoms with Gasteiger partial charge in [-0.3, -0.25) is 4.79 Å². The lowest BCUT2D eigenvalue weighted by Crippen LogP contribution is -2.18. The van der Waals surface area contributed by atoms with Crippen molar-refractivity contribution in [1.29, 1.82) is 0 Å². The third-order valence-corrected chi connectivity index (χ3v) is 4.64. The molecule has 8 nitrogen and oxygen atoms in total. The summed E-state index contributed by atoms with van der Waals surface area (Å²) in [6, 6.07) is 7.10. The number of nitrogens with zero attached hydrogens (tertiary/aromatic N) is 4. The molecule has 0 radical (unpaired) electrons. The van der Waals surface area contributed by atoms with Crippen molar-refractivity contribution < 1.29 is 14.6 Å². The molecule has 1 aromatic carbocycles. The molecule has 1 amide bonds. The predicted octanol–water partition coefficient (Wildman–Crippen LogP) is 1.79. The van der Waals surface area contributed by atoms with Gasteiger partial charge in [-0.1, -0.05) is 12.1 Å². The number of hydrogen-bond acceptors (Lipinski definition) is 7. The van der Waals surface area contributed by atoms with Gasteiger partial charge in [0.05, 0.1) is 24.1 Å². The summed E-state index contributed by atoms with van der Waals surface area (Å²) in [6.45, 7) is 0.413. The van der Waals surface area contributed by atoms with E-state index in [1.54, 1.807) is 29.6 Å². The van der Waals surface area contributed by atoms with Gasteiger partial charge < -0.3 is 15.2 Å². The van der Waals surface area contributed by atoms with E-state index in [4.69, 9.17) is 4.74 Å². The van der Waals surface area contributed by atoms with Crippen LogP contribution in [-0.2, 0) is 0 Å². The smallest absolute Gasteiger partial charge is 0.268 e. The van der Waals surface area contributed by atoms with Gasteiger partial charge in [0.15, 0.2) is 0 Å². The van der Waals surface area contributed by atoms with E-state index in [-0.39, 0.29) is 5.91 Å². The number of fused-ring (bicyclic) bond motifs is 1. The zero-order chi connectivity index (χ0) is 16.5. The Bertz CT molecular complexity index is 877. The zero-order valence-electron chi connectivity index (χ0n) is 12.4. The molecule has 0 saturated carbocycles. The molecule has 4 rings (SSSR count). The van der Waals surface area contributed by atoms with Gasteiger partial charge in [-0.05, 0) is 27.9 Å². The fourth-order valence-corrected chi connectivity index (χ4v) is 3.38. The van der Waals surface area contributed by atoms with Crippen LogP contribution in [0.1, 0.15) is 27.8 Å². The predicted molar refractivity (Wildman–Crippen MR) is 86.5 cm³/mol. The largest absolute Gasteiger partial charge is 0.491 e. The Balaban J connectivity index is 1.65. The van der Waals surface area contributed by atoms with Gasteiger partial charge in [0.2, 0.25) is 0 Å². The van der Waals surface area contributed by atoms with Crippen LogP contribution >= 0.6 is 11.3 Å². The minimum absolute atomic E-state index is 0.285. The Kier molecular flexibility index (Phi) is 3.71. The van der Waals surface area contributed by atoms with E-state index in [1.165, 1.54) is 22.3 Å². The van der Waals surface area contributed by atoms with Crippen molar-refractivity contribution in [3.63, 3.8) is 0 Å². The minimum atomic E-state index is -0.580.